The summed E-state index contributed by atoms with van der Waals surface area (Å²) in [7, 11) is 0. The van der Waals surface area contributed by atoms with E-state index < -0.39 is 0 Å². The topological polar surface area (TPSA) is 45.0 Å². The van der Waals surface area contributed by atoms with E-state index in [0.29, 0.717) is 5.56 Å². The van der Waals surface area contributed by atoms with Gasteiger partial charge >= 0.3 is 0 Å². The highest BCUT2D eigenvalue weighted by atomic mass is 16.5. The smallest absolute Gasteiger partial charge is 0.0991 e. The van der Waals surface area contributed by atoms with Crippen LogP contribution in [-0.4, -0.2) is 18.7 Å². The molecule has 3 heteroatoms. The lowest BCUT2D eigenvalue weighted by molar-refractivity contribution is 0.0656. The van der Waals surface area contributed by atoms with E-state index in [9.17, 15) is 0 Å². The van der Waals surface area contributed by atoms with E-state index in [2.05, 4.69) is 25.2 Å². The minimum atomic E-state index is 0.0464. The maximum Gasteiger partial charge on any atom is 0.0991 e. The molecular weight excluding hydrogens is 212 g/mol. The molecule has 1 saturated heterocycles. The van der Waals surface area contributed by atoms with Crippen LogP contribution in [0, 0.1) is 11.3 Å². The van der Waals surface area contributed by atoms with Crippen molar-refractivity contribution in [3.63, 3.8) is 0 Å². The molecule has 1 aromatic rings. The maximum absolute atomic E-state index is 8.89. The number of rotatable bonds is 1. The average Bonchev–Trinajstić information content (AvgIpc) is 2.50. The third kappa shape index (κ3) is 3.06. The van der Waals surface area contributed by atoms with E-state index in [4.69, 9.17) is 10.00 Å². The Kier molecular flexibility index (Phi) is 3.46. The number of nitrogens with one attached hydrogen (secondary N) is 1. The predicted octanol–water partition coefficient (Wildman–Crippen LogP) is 2.39. The van der Waals surface area contributed by atoms with E-state index >= 15 is 0 Å². The molecule has 17 heavy (non-hydrogen) atoms. The molecule has 1 N–H and O–H groups in total. The molecular formula is C14H18N2O. The van der Waals surface area contributed by atoms with Crippen molar-refractivity contribution in [1.82, 2.24) is 5.32 Å². The first-order valence-electron chi connectivity index (χ1n) is 5.97. The van der Waals surface area contributed by atoms with Crippen molar-refractivity contribution in [3.05, 3.63) is 35.4 Å². The Labute approximate surface area is 102 Å². The number of hydrogen-bond acceptors (Lipinski definition) is 3. The first-order chi connectivity index (χ1) is 8.11. The fraction of sp³-hybridized carbons (Fsp3) is 0.500. The Hall–Kier alpha value is -1.37. The Morgan fingerprint density at radius 1 is 1.47 bits per heavy atom. The second kappa shape index (κ2) is 4.87. The first kappa shape index (κ1) is 12.1. The van der Waals surface area contributed by atoms with Crippen molar-refractivity contribution in [2.75, 3.05) is 13.2 Å². The number of nitriles is 1. The summed E-state index contributed by atoms with van der Waals surface area (Å²) < 4.78 is 5.85. The van der Waals surface area contributed by atoms with Gasteiger partial charge in [-0.3, -0.25) is 0 Å². The van der Waals surface area contributed by atoms with Gasteiger partial charge in [0.25, 0.3) is 0 Å². The SMILES string of the molecule is CC1(C)CCOC(c2cccc(C#N)c2)CN1. The highest BCUT2D eigenvalue weighted by molar-refractivity contribution is 5.34. The van der Waals surface area contributed by atoms with Crippen LogP contribution < -0.4 is 5.32 Å². The summed E-state index contributed by atoms with van der Waals surface area (Å²) in [5.41, 5.74) is 1.89. The van der Waals surface area contributed by atoms with E-state index in [0.717, 1.165) is 25.1 Å². The van der Waals surface area contributed by atoms with Gasteiger partial charge in [0.15, 0.2) is 0 Å². The Morgan fingerprint density at radius 2 is 2.29 bits per heavy atom. The summed E-state index contributed by atoms with van der Waals surface area (Å²) in [6.07, 6.45) is 1.05. The van der Waals surface area contributed by atoms with Crippen LogP contribution in [0.1, 0.15) is 37.5 Å². The number of benzene rings is 1. The molecule has 0 bridgehead atoms. The molecule has 1 heterocycles. The minimum absolute atomic E-state index is 0.0464. The largest absolute Gasteiger partial charge is 0.372 e. The first-order valence-corrected chi connectivity index (χ1v) is 5.97. The fourth-order valence-corrected chi connectivity index (χ4v) is 2.00. The Bertz CT molecular complexity index is 434. The van der Waals surface area contributed by atoms with Gasteiger partial charge in [-0.1, -0.05) is 12.1 Å². The number of nitrogens with zero attached hydrogens (tertiary/aromatic N) is 1. The fourth-order valence-electron chi connectivity index (χ4n) is 2.00. The molecule has 90 valence electrons. The van der Waals surface area contributed by atoms with E-state index in [1.165, 1.54) is 0 Å². The van der Waals surface area contributed by atoms with Gasteiger partial charge in [-0.15, -0.1) is 0 Å². The van der Waals surface area contributed by atoms with Crippen LogP contribution in [0.5, 0.6) is 0 Å². The van der Waals surface area contributed by atoms with Crippen molar-refractivity contribution in [3.8, 4) is 6.07 Å². The second-order valence-electron chi connectivity index (χ2n) is 5.11. The third-order valence-electron chi connectivity index (χ3n) is 3.20. The molecule has 0 aromatic heterocycles. The lowest BCUT2D eigenvalue weighted by Gasteiger charge is -2.23. The van der Waals surface area contributed by atoms with Gasteiger partial charge in [0.05, 0.1) is 17.7 Å². The summed E-state index contributed by atoms with van der Waals surface area (Å²) in [4.78, 5) is 0. The summed E-state index contributed by atoms with van der Waals surface area (Å²) in [5, 5.41) is 12.4. The third-order valence-corrected chi connectivity index (χ3v) is 3.20. The van der Waals surface area contributed by atoms with E-state index in [1.54, 1.807) is 0 Å². The molecule has 0 spiro atoms. The molecule has 0 radical (unpaired) electrons. The van der Waals surface area contributed by atoms with Crippen molar-refractivity contribution < 1.29 is 4.74 Å². The lowest BCUT2D eigenvalue weighted by atomic mass is 10.0. The number of hydrogen-bond donors (Lipinski definition) is 1. The van der Waals surface area contributed by atoms with Crippen LogP contribution in [0.15, 0.2) is 24.3 Å². The van der Waals surface area contributed by atoms with Crippen molar-refractivity contribution >= 4 is 0 Å². The van der Waals surface area contributed by atoms with Gasteiger partial charge in [0.2, 0.25) is 0 Å². The normalized spacial score (nSPS) is 23.7. The summed E-state index contributed by atoms with van der Waals surface area (Å²) in [5.74, 6) is 0. The van der Waals surface area contributed by atoms with Gasteiger partial charge in [-0.05, 0) is 38.0 Å². The van der Waals surface area contributed by atoms with Crippen LogP contribution >= 0.6 is 0 Å². The van der Waals surface area contributed by atoms with Crippen molar-refractivity contribution in [1.29, 1.82) is 5.26 Å². The quantitative estimate of drug-likeness (QED) is 0.805. The summed E-state index contributed by atoms with van der Waals surface area (Å²) in [6, 6.07) is 9.82. The van der Waals surface area contributed by atoms with Gasteiger partial charge < -0.3 is 10.1 Å². The Balaban J connectivity index is 2.14. The molecule has 1 aliphatic heterocycles. The molecule has 1 atom stereocenters. The van der Waals surface area contributed by atoms with E-state index in [-0.39, 0.29) is 11.6 Å². The molecule has 1 aliphatic rings. The van der Waals surface area contributed by atoms with Crippen LogP contribution in [0.25, 0.3) is 0 Å². The molecule has 0 amide bonds. The predicted molar refractivity (Wildman–Crippen MR) is 66.5 cm³/mol. The van der Waals surface area contributed by atoms with Gasteiger partial charge in [0, 0.05) is 18.7 Å². The highest BCUT2D eigenvalue weighted by Gasteiger charge is 2.24. The highest BCUT2D eigenvalue weighted by Crippen LogP contribution is 2.23. The van der Waals surface area contributed by atoms with Gasteiger partial charge in [-0.2, -0.15) is 5.26 Å². The van der Waals surface area contributed by atoms with Crippen molar-refractivity contribution in [2.24, 2.45) is 0 Å². The molecule has 1 aromatic carbocycles. The molecule has 1 unspecified atom stereocenters. The Morgan fingerprint density at radius 3 is 3.06 bits per heavy atom. The van der Waals surface area contributed by atoms with Crippen LogP contribution in [0.2, 0.25) is 0 Å². The van der Waals surface area contributed by atoms with Crippen LogP contribution in [0.3, 0.4) is 0 Å². The van der Waals surface area contributed by atoms with E-state index in [1.807, 2.05) is 24.3 Å². The van der Waals surface area contributed by atoms with Gasteiger partial charge in [-0.25, -0.2) is 0 Å². The van der Waals surface area contributed by atoms with Crippen LogP contribution in [-0.2, 0) is 4.74 Å². The average molecular weight is 230 g/mol. The standard InChI is InChI=1S/C14H18N2O/c1-14(2)6-7-17-13(10-16-14)12-5-3-4-11(8-12)9-15/h3-5,8,13,16H,6-7,10H2,1-2H3. The zero-order chi connectivity index (χ0) is 12.3. The molecule has 3 nitrogen and oxygen atoms in total. The molecule has 1 fully saturated rings. The van der Waals surface area contributed by atoms with Crippen LogP contribution in [0.4, 0.5) is 0 Å². The maximum atomic E-state index is 8.89. The summed E-state index contributed by atoms with van der Waals surface area (Å²) >= 11 is 0. The monoisotopic (exact) mass is 230 g/mol. The van der Waals surface area contributed by atoms with Crippen molar-refractivity contribution in [2.45, 2.75) is 31.9 Å². The number of ether oxygens (including phenoxy) is 1. The van der Waals surface area contributed by atoms with Gasteiger partial charge in [0.1, 0.15) is 0 Å². The zero-order valence-corrected chi connectivity index (χ0v) is 10.4. The molecule has 0 aliphatic carbocycles. The summed E-state index contributed by atoms with van der Waals surface area (Å²) in [6.45, 7) is 5.91. The minimum Gasteiger partial charge on any atom is -0.372 e. The molecule has 0 saturated carbocycles. The molecule has 2 rings (SSSR count). The second-order valence-corrected chi connectivity index (χ2v) is 5.11. The zero-order valence-electron chi connectivity index (χ0n) is 10.4. The lowest BCUT2D eigenvalue weighted by Crippen LogP contribution is -2.39.